The molecule has 1 N–H and O–H groups in total. The summed E-state index contributed by atoms with van der Waals surface area (Å²) in [4.78, 5) is 16.7. The number of aryl methyl sites for hydroxylation is 2. The second-order valence-electron chi connectivity index (χ2n) is 7.45. The van der Waals surface area contributed by atoms with E-state index in [0.717, 1.165) is 16.3 Å². The molecule has 0 radical (unpaired) electrons. The number of carbonyl (C=O) groups excluding carboxylic acids is 1. The minimum absolute atomic E-state index is 0.0390. The Bertz CT molecular complexity index is 1340. The number of benzene rings is 1. The Morgan fingerprint density at radius 2 is 1.85 bits per heavy atom. The number of nitrogens with zero attached hydrogens (tertiary/aromatic N) is 5. The largest absolute Gasteiger partial charge is 0.417 e. The van der Waals surface area contributed by atoms with Crippen LogP contribution in [0.3, 0.4) is 0 Å². The zero-order valence-corrected chi connectivity index (χ0v) is 18.2. The minimum Gasteiger partial charge on any atom is -0.306 e. The van der Waals surface area contributed by atoms with Gasteiger partial charge in [-0.25, -0.2) is 14.1 Å². The van der Waals surface area contributed by atoms with Crippen molar-refractivity contribution in [3.05, 3.63) is 69.9 Å². The van der Waals surface area contributed by atoms with E-state index in [-0.39, 0.29) is 45.6 Å². The van der Waals surface area contributed by atoms with Gasteiger partial charge in [-0.2, -0.15) is 23.4 Å². The summed E-state index contributed by atoms with van der Waals surface area (Å²) in [6.07, 6.45) is -3.09. The van der Waals surface area contributed by atoms with Gasteiger partial charge < -0.3 is 5.32 Å². The third kappa shape index (κ3) is 4.82. The lowest BCUT2D eigenvalue weighted by Gasteiger charge is -2.10. The summed E-state index contributed by atoms with van der Waals surface area (Å²) >= 11 is 6.16. The fraction of sp³-hybridized carbons (Fsp3) is 0.238. The lowest BCUT2D eigenvalue weighted by molar-refractivity contribution is -0.136. The van der Waals surface area contributed by atoms with Crippen LogP contribution in [0.5, 0.6) is 0 Å². The molecule has 12 heteroatoms. The van der Waals surface area contributed by atoms with Gasteiger partial charge in [-0.3, -0.25) is 9.48 Å². The Balaban J connectivity index is 1.54. The van der Waals surface area contributed by atoms with Crippen LogP contribution in [0, 0.1) is 19.7 Å². The summed E-state index contributed by atoms with van der Waals surface area (Å²) in [5.41, 5.74) is 0.145. The van der Waals surface area contributed by atoms with E-state index in [1.807, 2.05) is 0 Å². The SMILES string of the molecule is Cc1cc(C(F)(F)F)c2c(C)nn(CC(=O)Nc3nn(Cc4ccc(F)cc4)cc3Cl)c2n1. The number of halogens is 5. The van der Waals surface area contributed by atoms with Crippen LogP contribution in [0.4, 0.5) is 23.4 Å². The highest BCUT2D eigenvalue weighted by Gasteiger charge is 2.35. The number of anilines is 1. The normalized spacial score (nSPS) is 11.8. The summed E-state index contributed by atoms with van der Waals surface area (Å²) in [5, 5.41) is 10.8. The van der Waals surface area contributed by atoms with Crippen molar-refractivity contribution in [1.82, 2.24) is 24.5 Å². The molecule has 3 heterocycles. The van der Waals surface area contributed by atoms with Gasteiger partial charge in [0.1, 0.15) is 17.4 Å². The van der Waals surface area contributed by atoms with Crippen molar-refractivity contribution in [1.29, 1.82) is 0 Å². The number of rotatable bonds is 5. The van der Waals surface area contributed by atoms with E-state index in [0.29, 0.717) is 6.54 Å². The van der Waals surface area contributed by atoms with Crippen LogP contribution < -0.4 is 5.32 Å². The first kappa shape index (κ1) is 22.7. The first-order valence-electron chi connectivity index (χ1n) is 9.70. The van der Waals surface area contributed by atoms with Gasteiger partial charge in [-0.15, -0.1) is 0 Å². The van der Waals surface area contributed by atoms with Crippen LogP contribution in [0.1, 0.15) is 22.5 Å². The smallest absolute Gasteiger partial charge is 0.306 e. The maximum absolute atomic E-state index is 13.5. The molecule has 4 rings (SSSR count). The standard InChI is InChI=1S/C21H17ClF4N6O/c1-11-7-15(21(24,25)26)18-12(2)29-32(20(18)27-11)10-17(33)28-19-16(22)9-31(30-19)8-13-3-5-14(23)6-4-13/h3-7,9H,8,10H2,1-2H3,(H,28,30,33). The first-order chi connectivity index (χ1) is 15.5. The number of hydrogen-bond acceptors (Lipinski definition) is 4. The number of hydrogen-bond donors (Lipinski definition) is 1. The van der Waals surface area contributed by atoms with Crippen molar-refractivity contribution in [3.8, 4) is 0 Å². The fourth-order valence-electron chi connectivity index (χ4n) is 3.46. The van der Waals surface area contributed by atoms with Gasteiger partial charge in [0.2, 0.25) is 5.91 Å². The fourth-order valence-corrected chi connectivity index (χ4v) is 3.66. The molecule has 0 aliphatic rings. The van der Waals surface area contributed by atoms with E-state index >= 15 is 0 Å². The van der Waals surface area contributed by atoms with Crippen molar-refractivity contribution in [2.75, 3.05) is 5.32 Å². The summed E-state index contributed by atoms with van der Waals surface area (Å²) in [7, 11) is 0. The molecule has 7 nitrogen and oxygen atoms in total. The van der Waals surface area contributed by atoms with Crippen molar-refractivity contribution in [3.63, 3.8) is 0 Å². The molecule has 33 heavy (non-hydrogen) atoms. The predicted molar refractivity (Wildman–Crippen MR) is 113 cm³/mol. The molecule has 0 spiro atoms. The third-order valence-electron chi connectivity index (χ3n) is 4.84. The summed E-state index contributed by atoms with van der Waals surface area (Å²) < 4.78 is 56.1. The van der Waals surface area contributed by atoms with Crippen molar-refractivity contribution in [2.45, 2.75) is 33.1 Å². The van der Waals surface area contributed by atoms with Crippen molar-refractivity contribution in [2.24, 2.45) is 0 Å². The number of aromatic nitrogens is 5. The molecule has 3 aromatic heterocycles. The highest BCUT2D eigenvalue weighted by molar-refractivity contribution is 6.33. The number of fused-ring (bicyclic) bond motifs is 1. The number of nitrogens with one attached hydrogen (secondary N) is 1. The Labute approximate surface area is 190 Å². The molecule has 0 fully saturated rings. The monoisotopic (exact) mass is 480 g/mol. The molecule has 172 valence electrons. The quantitative estimate of drug-likeness (QED) is 0.418. The van der Waals surface area contributed by atoms with Gasteiger partial charge in [0.05, 0.1) is 23.2 Å². The number of pyridine rings is 1. The molecular weight excluding hydrogens is 464 g/mol. The van der Waals surface area contributed by atoms with Crippen LogP contribution in [-0.4, -0.2) is 30.5 Å². The van der Waals surface area contributed by atoms with E-state index in [9.17, 15) is 22.4 Å². The lowest BCUT2D eigenvalue weighted by atomic mass is 10.1. The van der Waals surface area contributed by atoms with Gasteiger partial charge in [0, 0.05) is 11.9 Å². The van der Waals surface area contributed by atoms with E-state index in [4.69, 9.17) is 11.6 Å². The highest BCUT2D eigenvalue weighted by atomic mass is 35.5. The van der Waals surface area contributed by atoms with E-state index in [2.05, 4.69) is 20.5 Å². The maximum Gasteiger partial charge on any atom is 0.417 e. The van der Waals surface area contributed by atoms with Gasteiger partial charge >= 0.3 is 6.18 Å². The second kappa shape index (κ2) is 8.47. The molecule has 0 atom stereocenters. The molecular formula is C21H17ClF4N6O. The topological polar surface area (TPSA) is 77.6 Å². The second-order valence-corrected chi connectivity index (χ2v) is 7.86. The lowest BCUT2D eigenvalue weighted by Crippen LogP contribution is -2.20. The highest BCUT2D eigenvalue weighted by Crippen LogP contribution is 2.36. The minimum atomic E-state index is -4.59. The first-order valence-corrected chi connectivity index (χ1v) is 10.1. The van der Waals surface area contributed by atoms with E-state index in [1.165, 1.54) is 36.9 Å². The molecule has 1 aromatic carbocycles. The molecule has 0 unspecified atom stereocenters. The zero-order valence-electron chi connectivity index (χ0n) is 17.4. The van der Waals surface area contributed by atoms with Crippen LogP contribution in [-0.2, 0) is 24.1 Å². The van der Waals surface area contributed by atoms with Crippen LogP contribution in [0.25, 0.3) is 11.0 Å². The zero-order chi connectivity index (χ0) is 23.9. The number of alkyl halides is 3. The average Bonchev–Trinajstić information content (AvgIpc) is 3.21. The summed E-state index contributed by atoms with van der Waals surface area (Å²) in [6.45, 7) is 2.77. The van der Waals surface area contributed by atoms with Gasteiger partial charge in [0.25, 0.3) is 0 Å². The summed E-state index contributed by atoms with van der Waals surface area (Å²) in [5.74, 6) is -0.874. The predicted octanol–water partition coefficient (Wildman–Crippen LogP) is 4.74. The van der Waals surface area contributed by atoms with Crippen LogP contribution in [0.2, 0.25) is 5.02 Å². The van der Waals surface area contributed by atoms with Gasteiger partial charge in [0.15, 0.2) is 11.5 Å². The molecule has 0 saturated heterocycles. The molecule has 0 saturated carbocycles. The third-order valence-corrected chi connectivity index (χ3v) is 5.11. The number of carbonyl (C=O) groups is 1. The van der Waals surface area contributed by atoms with Crippen LogP contribution >= 0.6 is 11.6 Å². The van der Waals surface area contributed by atoms with Crippen LogP contribution in [0.15, 0.2) is 36.5 Å². The molecule has 0 aliphatic heterocycles. The Morgan fingerprint density at radius 3 is 2.52 bits per heavy atom. The molecule has 0 aliphatic carbocycles. The van der Waals surface area contributed by atoms with Gasteiger partial charge in [-0.1, -0.05) is 23.7 Å². The van der Waals surface area contributed by atoms with Crippen molar-refractivity contribution >= 4 is 34.4 Å². The Hall–Kier alpha value is -3.47. The molecule has 0 bridgehead atoms. The Kier molecular flexibility index (Phi) is 5.83. The van der Waals surface area contributed by atoms with Gasteiger partial charge in [-0.05, 0) is 37.6 Å². The van der Waals surface area contributed by atoms with Crippen molar-refractivity contribution < 1.29 is 22.4 Å². The molecule has 1 amide bonds. The number of amides is 1. The average molecular weight is 481 g/mol. The summed E-state index contributed by atoms with van der Waals surface area (Å²) in [6, 6.07) is 6.78. The van der Waals surface area contributed by atoms with E-state index < -0.39 is 17.6 Å². The molecule has 4 aromatic rings. The Morgan fingerprint density at radius 1 is 1.15 bits per heavy atom. The maximum atomic E-state index is 13.5. The van der Waals surface area contributed by atoms with E-state index in [1.54, 1.807) is 12.1 Å².